The molecule has 0 spiro atoms. The van der Waals surface area contributed by atoms with Gasteiger partial charge in [-0.25, -0.2) is 4.68 Å². The third kappa shape index (κ3) is 3.27. The van der Waals surface area contributed by atoms with Gasteiger partial charge in [-0.2, -0.15) is 5.10 Å². The predicted molar refractivity (Wildman–Crippen MR) is 80.8 cm³/mol. The fraction of sp³-hybridized carbons (Fsp3) is 0.375. The summed E-state index contributed by atoms with van der Waals surface area (Å²) in [5, 5.41) is 16.6. The van der Waals surface area contributed by atoms with E-state index in [1.165, 1.54) is 0 Å². The molecule has 1 aromatic heterocycles. The summed E-state index contributed by atoms with van der Waals surface area (Å²) in [4.78, 5) is 11.5. The van der Waals surface area contributed by atoms with Crippen molar-refractivity contribution in [2.45, 2.75) is 33.6 Å². The van der Waals surface area contributed by atoms with Crippen LogP contribution in [0.25, 0.3) is 5.69 Å². The van der Waals surface area contributed by atoms with Gasteiger partial charge < -0.3 is 9.90 Å². The normalized spacial score (nSPS) is 11.1. The Bertz CT molecular complexity index is 662. The third-order valence-corrected chi connectivity index (χ3v) is 3.48. The minimum absolute atomic E-state index is 0.214. The summed E-state index contributed by atoms with van der Waals surface area (Å²) < 4.78 is 1.66. The highest BCUT2D eigenvalue weighted by atomic mass is 35.5. The molecule has 0 saturated carbocycles. The van der Waals surface area contributed by atoms with Crippen LogP contribution >= 0.6 is 11.6 Å². The zero-order chi connectivity index (χ0) is 15.6. The highest BCUT2D eigenvalue weighted by Gasteiger charge is 2.19. The molecule has 0 radical (unpaired) electrons. The van der Waals surface area contributed by atoms with Gasteiger partial charge in [0.25, 0.3) is 0 Å². The minimum atomic E-state index is -1.17. The quantitative estimate of drug-likeness (QED) is 0.853. The number of benzene rings is 1. The lowest BCUT2D eigenvalue weighted by Gasteiger charge is -2.09. The van der Waals surface area contributed by atoms with Crippen molar-refractivity contribution in [1.29, 1.82) is 0 Å². The molecular formula is C16H18ClN2O2-. The predicted octanol–water partition coefficient (Wildman–Crippen LogP) is 2.65. The Labute approximate surface area is 129 Å². The van der Waals surface area contributed by atoms with Gasteiger partial charge in [-0.05, 0) is 37.0 Å². The number of rotatable bonds is 5. The number of hydrogen-bond donors (Lipinski definition) is 0. The first-order valence-electron chi connectivity index (χ1n) is 7.02. The Morgan fingerprint density at radius 2 is 2.14 bits per heavy atom. The van der Waals surface area contributed by atoms with Gasteiger partial charge in [0.15, 0.2) is 0 Å². The van der Waals surface area contributed by atoms with Crippen LogP contribution in [-0.2, 0) is 12.8 Å². The number of carboxylic acid groups (broad SMARTS) is 1. The molecule has 2 rings (SSSR count). The van der Waals surface area contributed by atoms with E-state index in [9.17, 15) is 9.90 Å². The maximum absolute atomic E-state index is 11.5. The maximum atomic E-state index is 11.5. The number of aromatic carboxylic acids is 1. The smallest absolute Gasteiger partial charge is 0.0752 e. The summed E-state index contributed by atoms with van der Waals surface area (Å²) in [5.74, 6) is -0.855. The third-order valence-electron chi connectivity index (χ3n) is 3.25. The van der Waals surface area contributed by atoms with Crippen molar-refractivity contribution in [3.63, 3.8) is 0 Å². The van der Waals surface area contributed by atoms with Gasteiger partial charge in [0, 0.05) is 10.6 Å². The monoisotopic (exact) mass is 305 g/mol. The van der Waals surface area contributed by atoms with Crippen molar-refractivity contribution < 1.29 is 9.90 Å². The van der Waals surface area contributed by atoms with Crippen molar-refractivity contribution in [2.75, 3.05) is 0 Å². The Kier molecular flexibility index (Phi) is 4.68. The number of aromatic nitrogens is 2. The molecule has 0 saturated heterocycles. The molecule has 0 amide bonds. The Balaban J connectivity index is 2.63. The van der Waals surface area contributed by atoms with Gasteiger partial charge in [0.05, 0.1) is 23.0 Å². The minimum Gasteiger partial charge on any atom is -0.545 e. The first-order valence-corrected chi connectivity index (χ1v) is 7.39. The van der Waals surface area contributed by atoms with Crippen molar-refractivity contribution in [1.82, 2.24) is 9.78 Å². The van der Waals surface area contributed by atoms with Crippen LogP contribution in [0.15, 0.2) is 24.3 Å². The Morgan fingerprint density at radius 3 is 2.67 bits per heavy atom. The highest BCUT2D eigenvalue weighted by Crippen LogP contribution is 2.23. The van der Waals surface area contributed by atoms with Gasteiger partial charge in [-0.3, -0.25) is 0 Å². The zero-order valence-corrected chi connectivity index (χ0v) is 13.1. The SMILES string of the molecule is CCc1c(C(=O)[O-])c(CC(C)C)nn1-c1cccc(Cl)c1. The van der Waals surface area contributed by atoms with E-state index in [-0.39, 0.29) is 5.56 Å². The molecule has 0 fully saturated rings. The second kappa shape index (κ2) is 6.31. The summed E-state index contributed by atoms with van der Waals surface area (Å²) in [6.45, 7) is 5.97. The molecule has 1 heterocycles. The van der Waals surface area contributed by atoms with E-state index in [0.29, 0.717) is 35.2 Å². The Hall–Kier alpha value is -1.81. The van der Waals surface area contributed by atoms with Gasteiger partial charge in [0.2, 0.25) is 0 Å². The van der Waals surface area contributed by atoms with E-state index < -0.39 is 5.97 Å². The number of carboxylic acids is 1. The van der Waals surface area contributed by atoms with E-state index in [1.807, 2.05) is 32.9 Å². The molecular weight excluding hydrogens is 288 g/mol. The molecule has 0 unspecified atom stereocenters. The maximum Gasteiger partial charge on any atom is 0.0752 e. The lowest BCUT2D eigenvalue weighted by atomic mass is 10.0. The number of hydrogen-bond acceptors (Lipinski definition) is 3. The average Bonchev–Trinajstić information content (AvgIpc) is 2.76. The molecule has 0 aliphatic rings. The van der Waals surface area contributed by atoms with Crippen molar-refractivity contribution in [2.24, 2.45) is 5.92 Å². The van der Waals surface area contributed by atoms with Crippen LogP contribution in [0.2, 0.25) is 5.02 Å². The van der Waals surface area contributed by atoms with E-state index in [2.05, 4.69) is 5.10 Å². The van der Waals surface area contributed by atoms with E-state index in [4.69, 9.17) is 11.6 Å². The standard InChI is InChI=1S/C16H19ClN2O2/c1-4-14-15(16(20)21)13(8-10(2)3)18-19(14)12-7-5-6-11(17)9-12/h5-7,9-10H,4,8H2,1-3H3,(H,20,21)/p-1. The van der Waals surface area contributed by atoms with Crippen LogP contribution in [0.4, 0.5) is 0 Å². The molecule has 5 heteroatoms. The van der Waals surface area contributed by atoms with Crippen LogP contribution in [-0.4, -0.2) is 15.7 Å². The summed E-state index contributed by atoms with van der Waals surface area (Å²) in [5.41, 5.74) is 2.19. The molecule has 0 atom stereocenters. The molecule has 112 valence electrons. The molecule has 0 N–H and O–H groups in total. The first kappa shape index (κ1) is 15.6. The zero-order valence-electron chi connectivity index (χ0n) is 12.4. The highest BCUT2D eigenvalue weighted by molar-refractivity contribution is 6.30. The van der Waals surface area contributed by atoms with Crippen LogP contribution in [0.5, 0.6) is 0 Å². The van der Waals surface area contributed by atoms with Gasteiger partial charge >= 0.3 is 0 Å². The first-order chi connectivity index (χ1) is 9.93. The molecule has 2 aromatic rings. The molecule has 0 aliphatic heterocycles. The van der Waals surface area contributed by atoms with Crippen LogP contribution in [0, 0.1) is 5.92 Å². The summed E-state index contributed by atoms with van der Waals surface area (Å²) in [6.07, 6.45) is 1.16. The topological polar surface area (TPSA) is 57.9 Å². The van der Waals surface area contributed by atoms with E-state index >= 15 is 0 Å². The fourth-order valence-corrected chi connectivity index (χ4v) is 2.60. The number of carbonyl (C=O) groups excluding carboxylic acids is 1. The number of halogens is 1. The van der Waals surface area contributed by atoms with Crippen LogP contribution < -0.4 is 5.11 Å². The van der Waals surface area contributed by atoms with Gasteiger partial charge in [-0.1, -0.05) is 38.4 Å². The average molecular weight is 306 g/mol. The lowest BCUT2D eigenvalue weighted by Crippen LogP contribution is -2.25. The molecule has 0 bridgehead atoms. The molecule has 1 aromatic carbocycles. The van der Waals surface area contributed by atoms with E-state index in [0.717, 1.165) is 5.69 Å². The largest absolute Gasteiger partial charge is 0.545 e. The summed E-state index contributed by atoms with van der Waals surface area (Å²) >= 11 is 6.01. The molecule has 0 aliphatic carbocycles. The van der Waals surface area contributed by atoms with Crippen molar-refractivity contribution in [3.8, 4) is 5.69 Å². The van der Waals surface area contributed by atoms with E-state index in [1.54, 1.807) is 16.8 Å². The Morgan fingerprint density at radius 1 is 1.43 bits per heavy atom. The van der Waals surface area contributed by atoms with Crippen LogP contribution in [0.1, 0.15) is 42.5 Å². The second-order valence-corrected chi connectivity index (χ2v) is 5.84. The lowest BCUT2D eigenvalue weighted by molar-refractivity contribution is -0.255. The second-order valence-electron chi connectivity index (χ2n) is 5.40. The van der Waals surface area contributed by atoms with Gasteiger partial charge in [0.1, 0.15) is 0 Å². The van der Waals surface area contributed by atoms with Crippen molar-refractivity contribution in [3.05, 3.63) is 46.2 Å². The summed E-state index contributed by atoms with van der Waals surface area (Å²) in [7, 11) is 0. The number of nitrogens with zero attached hydrogens (tertiary/aromatic N) is 2. The molecule has 21 heavy (non-hydrogen) atoms. The fourth-order valence-electron chi connectivity index (χ4n) is 2.42. The summed E-state index contributed by atoms with van der Waals surface area (Å²) in [6, 6.07) is 7.22. The van der Waals surface area contributed by atoms with Gasteiger partial charge in [-0.15, -0.1) is 0 Å². The molecule has 4 nitrogen and oxygen atoms in total. The number of carbonyl (C=O) groups is 1. The van der Waals surface area contributed by atoms with Crippen LogP contribution in [0.3, 0.4) is 0 Å². The van der Waals surface area contributed by atoms with Crippen molar-refractivity contribution >= 4 is 17.6 Å².